The lowest BCUT2D eigenvalue weighted by Crippen LogP contribution is -3.00. The molecule has 1 N–H and O–H groups in total. The molecule has 2 unspecified atom stereocenters. The van der Waals surface area contributed by atoms with Crippen LogP contribution in [0.3, 0.4) is 0 Å². The third kappa shape index (κ3) is 5.96. The lowest BCUT2D eigenvalue weighted by Gasteiger charge is -2.46. The molecule has 39 heavy (non-hydrogen) atoms. The number of fused-ring (bicyclic) bond motifs is 2. The van der Waals surface area contributed by atoms with E-state index in [-0.39, 0.29) is 36.0 Å². The van der Waals surface area contributed by atoms with Crippen molar-refractivity contribution in [1.82, 2.24) is 0 Å². The SMILES string of the molecule is CCOC(=O)CCCc1ccc(C[N+]2(C)[C@@H]3CC[C@H]2CC(OC(=O)C(O)(c2ccco2)c2ccco2)C3)s1.[Cl-]. The number of ether oxygens (including phenoxy) is 2. The molecule has 0 spiro atoms. The number of aliphatic hydroxyl groups is 1. The van der Waals surface area contributed by atoms with Gasteiger partial charge < -0.3 is 40.3 Å². The average Bonchev–Trinajstić information content (AvgIpc) is 3.69. The van der Waals surface area contributed by atoms with E-state index in [4.69, 9.17) is 18.3 Å². The van der Waals surface area contributed by atoms with Crippen LogP contribution in [0.4, 0.5) is 0 Å². The van der Waals surface area contributed by atoms with Crippen LogP contribution in [0, 0.1) is 0 Å². The predicted molar refractivity (Wildman–Crippen MR) is 140 cm³/mol. The first-order chi connectivity index (χ1) is 18.3. The number of nitrogens with zero attached hydrogens (tertiary/aromatic N) is 1. The summed E-state index contributed by atoms with van der Waals surface area (Å²) in [4.78, 5) is 27.6. The van der Waals surface area contributed by atoms with Gasteiger partial charge in [-0.2, -0.15) is 0 Å². The summed E-state index contributed by atoms with van der Waals surface area (Å²) in [6.07, 6.45) is 8.37. The van der Waals surface area contributed by atoms with Gasteiger partial charge in [0.2, 0.25) is 0 Å². The van der Waals surface area contributed by atoms with E-state index in [0.717, 1.165) is 49.6 Å². The molecule has 3 aromatic heterocycles. The van der Waals surface area contributed by atoms with E-state index in [2.05, 4.69) is 19.2 Å². The van der Waals surface area contributed by atoms with Crippen molar-refractivity contribution in [3.05, 3.63) is 70.2 Å². The summed E-state index contributed by atoms with van der Waals surface area (Å²) in [5.41, 5.74) is -2.12. The van der Waals surface area contributed by atoms with Gasteiger partial charge >= 0.3 is 11.9 Å². The second-order valence-electron chi connectivity index (χ2n) is 10.6. The van der Waals surface area contributed by atoms with Crippen LogP contribution in [-0.2, 0) is 37.6 Å². The third-order valence-electron chi connectivity index (χ3n) is 8.22. The maximum Gasteiger partial charge on any atom is 0.354 e. The molecule has 0 aliphatic carbocycles. The Hall–Kier alpha value is -2.59. The largest absolute Gasteiger partial charge is 1.00 e. The van der Waals surface area contributed by atoms with E-state index in [1.807, 2.05) is 18.3 Å². The maximum absolute atomic E-state index is 13.4. The fourth-order valence-corrected chi connectivity index (χ4v) is 7.39. The number of piperidine rings is 1. The maximum atomic E-state index is 13.4. The van der Waals surface area contributed by atoms with Crippen molar-refractivity contribution in [2.45, 2.75) is 82.2 Å². The number of esters is 2. The monoisotopic (exact) mass is 577 g/mol. The van der Waals surface area contributed by atoms with Gasteiger partial charge in [0.25, 0.3) is 5.60 Å². The zero-order valence-electron chi connectivity index (χ0n) is 22.3. The average molecular weight is 578 g/mol. The number of carbonyl (C=O) groups excluding carboxylic acids is 2. The first-order valence-corrected chi connectivity index (χ1v) is 14.2. The number of furan rings is 2. The smallest absolute Gasteiger partial charge is 0.354 e. The van der Waals surface area contributed by atoms with E-state index >= 15 is 0 Å². The van der Waals surface area contributed by atoms with Crippen molar-refractivity contribution in [3.8, 4) is 0 Å². The van der Waals surface area contributed by atoms with Crippen LogP contribution < -0.4 is 12.4 Å². The Balaban J connectivity index is 0.00000353. The molecule has 8 nitrogen and oxygen atoms in total. The first-order valence-electron chi connectivity index (χ1n) is 13.4. The van der Waals surface area contributed by atoms with Crippen LogP contribution in [0.25, 0.3) is 0 Å². The van der Waals surface area contributed by atoms with Gasteiger partial charge in [-0.15, -0.1) is 11.3 Å². The highest BCUT2D eigenvalue weighted by Gasteiger charge is 2.54. The van der Waals surface area contributed by atoms with Crippen molar-refractivity contribution in [2.75, 3.05) is 13.7 Å². The van der Waals surface area contributed by atoms with Gasteiger partial charge in [-0.25, -0.2) is 4.79 Å². The van der Waals surface area contributed by atoms with Crippen LogP contribution >= 0.6 is 11.3 Å². The van der Waals surface area contributed by atoms with E-state index in [9.17, 15) is 14.7 Å². The Morgan fingerprint density at radius 1 is 1.05 bits per heavy atom. The Labute approximate surface area is 238 Å². The van der Waals surface area contributed by atoms with Gasteiger partial charge in [0, 0.05) is 37.0 Å². The molecule has 2 bridgehead atoms. The highest BCUT2D eigenvalue weighted by Crippen LogP contribution is 2.45. The molecule has 0 aromatic carbocycles. The summed E-state index contributed by atoms with van der Waals surface area (Å²) in [5, 5.41) is 11.4. The minimum absolute atomic E-state index is 0. The molecule has 0 amide bonds. The molecule has 2 aliphatic rings. The fraction of sp³-hybridized carbons (Fsp3) is 0.517. The molecule has 212 valence electrons. The highest BCUT2D eigenvalue weighted by atomic mass is 35.5. The normalized spacial score (nSPS) is 24.2. The number of hydrogen-bond acceptors (Lipinski definition) is 8. The quantitative estimate of drug-likeness (QED) is 0.275. The van der Waals surface area contributed by atoms with Crippen molar-refractivity contribution < 1.29 is 49.9 Å². The van der Waals surface area contributed by atoms with Crippen molar-refractivity contribution in [3.63, 3.8) is 0 Å². The lowest BCUT2D eigenvalue weighted by atomic mass is 9.94. The van der Waals surface area contributed by atoms with Gasteiger partial charge in [0.05, 0.1) is 43.1 Å². The molecule has 5 rings (SSSR count). The zero-order chi connectivity index (χ0) is 26.8. The number of carbonyl (C=O) groups is 2. The van der Waals surface area contributed by atoms with Gasteiger partial charge in [0.15, 0.2) is 11.5 Å². The highest BCUT2D eigenvalue weighted by molar-refractivity contribution is 7.11. The molecule has 2 saturated heterocycles. The fourth-order valence-electron chi connectivity index (χ4n) is 6.19. The van der Waals surface area contributed by atoms with E-state index in [1.54, 1.807) is 24.3 Å². The number of hydrogen-bond donors (Lipinski definition) is 1. The molecular formula is C29H36ClNO7S. The molecule has 0 radical (unpaired) electrons. The summed E-state index contributed by atoms with van der Waals surface area (Å²) in [5.74, 6) is -0.747. The molecule has 5 heterocycles. The molecule has 2 aliphatic heterocycles. The van der Waals surface area contributed by atoms with Crippen LogP contribution in [0.1, 0.15) is 66.7 Å². The molecule has 4 atom stereocenters. The van der Waals surface area contributed by atoms with Gasteiger partial charge in [-0.1, -0.05) is 0 Å². The van der Waals surface area contributed by atoms with Crippen LogP contribution in [0.5, 0.6) is 0 Å². The summed E-state index contributed by atoms with van der Waals surface area (Å²) in [7, 11) is 2.32. The molecule has 10 heteroatoms. The van der Waals surface area contributed by atoms with Gasteiger partial charge in [-0.3, -0.25) is 4.79 Å². The van der Waals surface area contributed by atoms with Crippen molar-refractivity contribution >= 4 is 23.3 Å². The van der Waals surface area contributed by atoms with Crippen LogP contribution in [0.2, 0.25) is 0 Å². The molecular weight excluding hydrogens is 542 g/mol. The summed E-state index contributed by atoms with van der Waals surface area (Å²) < 4.78 is 22.7. The van der Waals surface area contributed by atoms with E-state index in [0.29, 0.717) is 25.1 Å². The number of thiophene rings is 1. The second kappa shape index (κ2) is 12.3. The molecule has 3 aromatic rings. The number of aryl methyl sites for hydroxylation is 1. The molecule has 0 saturated carbocycles. The first kappa shape index (κ1) is 29.4. The Kier molecular flexibility index (Phi) is 9.26. The van der Waals surface area contributed by atoms with E-state index in [1.165, 1.54) is 22.3 Å². The summed E-state index contributed by atoms with van der Waals surface area (Å²) in [6.45, 7) is 3.20. The molecule has 2 fully saturated rings. The van der Waals surface area contributed by atoms with Crippen LogP contribution in [-0.4, -0.2) is 53.4 Å². The van der Waals surface area contributed by atoms with E-state index < -0.39 is 11.6 Å². The van der Waals surface area contributed by atoms with Crippen molar-refractivity contribution in [1.29, 1.82) is 0 Å². The third-order valence-corrected chi connectivity index (χ3v) is 9.35. The number of halogens is 1. The lowest BCUT2D eigenvalue weighted by molar-refractivity contribution is -0.961. The Morgan fingerprint density at radius 2 is 1.67 bits per heavy atom. The summed E-state index contributed by atoms with van der Waals surface area (Å²) >= 11 is 1.83. The second-order valence-corrected chi connectivity index (χ2v) is 11.8. The standard InChI is InChI=1S/C29H36NO7S.ClH/c1-3-34-27(31)10-4-7-23-13-14-24(38-23)19-30(2)20-11-12-21(30)18-22(17-20)37-28(32)29(33,25-8-5-15-35-25)26-9-6-16-36-26;/h5-6,8-9,13-16,20-22,33H,3-4,7,10-12,17-19H2,1-2H3;1H/q+1;/p-1/t20-,21+,22?,30?;. The minimum atomic E-state index is -2.12. The Bertz CT molecular complexity index is 1170. The number of rotatable bonds is 11. The predicted octanol–water partition coefficient (Wildman–Crippen LogP) is 1.94. The van der Waals surface area contributed by atoms with Gasteiger partial charge in [0.1, 0.15) is 12.6 Å². The van der Waals surface area contributed by atoms with Crippen molar-refractivity contribution in [2.24, 2.45) is 0 Å². The Morgan fingerprint density at radius 3 is 2.23 bits per heavy atom. The summed E-state index contributed by atoms with van der Waals surface area (Å²) in [6, 6.07) is 11.5. The zero-order valence-corrected chi connectivity index (χ0v) is 23.9. The topological polar surface area (TPSA) is 99.1 Å². The van der Waals surface area contributed by atoms with Crippen LogP contribution in [0.15, 0.2) is 57.8 Å². The van der Waals surface area contributed by atoms with Gasteiger partial charge in [-0.05, 0) is 56.2 Å². The number of quaternary nitrogens is 1. The minimum Gasteiger partial charge on any atom is -1.00 e.